The summed E-state index contributed by atoms with van der Waals surface area (Å²) in [6, 6.07) is 0.169. The second-order valence-corrected chi connectivity index (χ2v) is 6.54. The molecule has 5 nitrogen and oxygen atoms in total. The van der Waals surface area contributed by atoms with Gasteiger partial charge in [-0.2, -0.15) is 0 Å². The Kier molecular flexibility index (Phi) is 5.99. The molecule has 3 atom stereocenters. The largest absolute Gasteiger partial charge is 0.481 e. The highest BCUT2D eigenvalue weighted by atomic mass is 16.4. The lowest BCUT2D eigenvalue weighted by Gasteiger charge is -2.38. The second-order valence-electron chi connectivity index (χ2n) is 6.54. The number of piperidine rings is 1. The predicted octanol–water partition coefficient (Wildman–Crippen LogP) is 1.85. The third-order valence-electron chi connectivity index (χ3n) is 4.24. The van der Waals surface area contributed by atoms with Gasteiger partial charge in [-0.15, -0.1) is 0 Å². The van der Waals surface area contributed by atoms with Crippen molar-refractivity contribution in [2.45, 2.75) is 58.9 Å². The maximum Gasteiger partial charge on any atom is 0.311 e. The number of nitrogens with two attached hydrogens (primary N) is 1. The zero-order chi connectivity index (χ0) is 15.3. The van der Waals surface area contributed by atoms with E-state index in [1.54, 1.807) is 11.8 Å². The minimum Gasteiger partial charge on any atom is -0.481 e. The number of rotatable bonds is 6. The summed E-state index contributed by atoms with van der Waals surface area (Å²) >= 11 is 0. The summed E-state index contributed by atoms with van der Waals surface area (Å²) in [7, 11) is 0. The van der Waals surface area contributed by atoms with Gasteiger partial charge in [-0.05, 0) is 39.5 Å². The van der Waals surface area contributed by atoms with Gasteiger partial charge in [0.05, 0.1) is 5.41 Å². The van der Waals surface area contributed by atoms with Crippen LogP contribution in [0.15, 0.2) is 0 Å². The minimum absolute atomic E-state index is 0.0510. The van der Waals surface area contributed by atoms with E-state index in [4.69, 9.17) is 5.73 Å². The van der Waals surface area contributed by atoms with Crippen LogP contribution in [0.1, 0.15) is 52.9 Å². The molecule has 0 saturated carbocycles. The van der Waals surface area contributed by atoms with Gasteiger partial charge in [0.2, 0.25) is 5.91 Å². The van der Waals surface area contributed by atoms with Crippen LogP contribution < -0.4 is 5.73 Å². The highest BCUT2D eigenvalue weighted by Crippen LogP contribution is 2.30. The number of carboxylic acids is 1. The molecule has 0 aromatic rings. The summed E-state index contributed by atoms with van der Waals surface area (Å²) in [6.45, 7) is 6.64. The molecule has 5 heteroatoms. The Morgan fingerprint density at radius 2 is 2.00 bits per heavy atom. The summed E-state index contributed by atoms with van der Waals surface area (Å²) in [5.41, 5.74) is 4.91. The standard InChI is InChI=1S/C15H28N2O3/c1-11(6-4-7-12(2)16)13(18)17-9-5-8-15(3,10-17)14(19)20/h11-12H,4-10,16H2,1-3H3,(H,19,20). The molecule has 1 saturated heterocycles. The van der Waals surface area contributed by atoms with E-state index in [9.17, 15) is 14.7 Å². The van der Waals surface area contributed by atoms with Gasteiger partial charge in [-0.1, -0.05) is 13.3 Å². The summed E-state index contributed by atoms with van der Waals surface area (Å²) in [6.07, 6.45) is 4.09. The van der Waals surface area contributed by atoms with Crippen molar-refractivity contribution in [3.63, 3.8) is 0 Å². The van der Waals surface area contributed by atoms with Gasteiger partial charge in [-0.25, -0.2) is 0 Å². The van der Waals surface area contributed by atoms with Gasteiger partial charge >= 0.3 is 5.97 Å². The molecule has 0 radical (unpaired) electrons. The zero-order valence-corrected chi connectivity index (χ0v) is 12.9. The van der Waals surface area contributed by atoms with Gasteiger partial charge in [0.1, 0.15) is 0 Å². The SMILES string of the molecule is CC(N)CCCC(C)C(=O)N1CCCC(C)(C(=O)O)C1. The van der Waals surface area contributed by atoms with Crippen molar-refractivity contribution in [1.82, 2.24) is 4.90 Å². The van der Waals surface area contributed by atoms with Crippen LogP contribution in [0, 0.1) is 11.3 Å². The monoisotopic (exact) mass is 284 g/mol. The van der Waals surface area contributed by atoms with Crippen LogP contribution in [0.3, 0.4) is 0 Å². The molecule has 20 heavy (non-hydrogen) atoms. The molecule has 1 rings (SSSR count). The van der Waals surface area contributed by atoms with Crippen molar-refractivity contribution in [2.75, 3.05) is 13.1 Å². The Balaban J connectivity index is 2.52. The number of amides is 1. The average Bonchev–Trinajstić information content (AvgIpc) is 2.37. The molecule has 1 aliphatic rings. The van der Waals surface area contributed by atoms with Crippen molar-refractivity contribution >= 4 is 11.9 Å². The molecule has 0 aromatic heterocycles. The summed E-state index contributed by atoms with van der Waals surface area (Å²) in [5, 5.41) is 9.29. The first-order valence-electron chi connectivity index (χ1n) is 7.54. The zero-order valence-electron chi connectivity index (χ0n) is 12.9. The Morgan fingerprint density at radius 1 is 1.35 bits per heavy atom. The predicted molar refractivity (Wildman–Crippen MR) is 78.2 cm³/mol. The van der Waals surface area contributed by atoms with Gasteiger partial charge in [0.25, 0.3) is 0 Å². The Labute approximate surface area is 121 Å². The number of carboxylic acid groups (broad SMARTS) is 1. The lowest BCUT2D eigenvalue weighted by molar-refractivity contribution is -0.154. The summed E-state index contributed by atoms with van der Waals surface area (Å²) in [4.78, 5) is 25.4. The first-order valence-corrected chi connectivity index (χ1v) is 7.54. The molecule has 116 valence electrons. The van der Waals surface area contributed by atoms with E-state index in [1.807, 2.05) is 13.8 Å². The minimum atomic E-state index is -0.806. The number of hydrogen-bond acceptors (Lipinski definition) is 3. The van der Waals surface area contributed by atoms with Crippen molar-refractivity contribution in [3.05, 3.63) is 0 Å². The normalized spacial score (nSPS) is 26.1. The Bertz CT molecular complexity index is 357. The fourth-order valence-corrected chi connectivity index (χ4v) is 2.78. The van der Waals surface area contributed by atoms with E-state index in [2.05, 4.69) is 0 Å². The lowest BCUT2D eigenvalue weighted by atomic mass is 9.81. The number of aliphatic carboxylic acids is 1. The second kappa shape index (κ2) is 7.07. The molecule has 0 bridgehead atoms. The number of hydrogen-bond donors (Lipinski definition) is 2. The molecular formula is C15H28N2O3. The fraction of sp³-hybridized carbons (Fsp3) is 0.867. The highest BCUT2D eigenvalue weighted by molar-refractivity contribution is 5.81. The van der Waals surface area contributed by atoms with E-state index < -0.39 is 11.4 Å². The molecule has 0 aromatic carbocycles. The third kappa shape index (κ3) is 4.47. The average molecular weight is 284 g/mol. The van der Waals surface area contributed by atoms with Gasteiger partial charge in [-0.3, -0.25) is 9.59 Å². The van der Waals surface area contributed by atoms with Crippen LogP contribution in [-0.4, -0.2) is 41.0 Å². The summed E-state index contributed by atoms with van der Waals surface area (Å²) < 4.78 is 0. The molecule has 3 N–H and O–H groups in total. The number of carbonyl (C=O) groups excluding carboxylic acids is 1. The Morgan fingerprint density at radius 3 is 2.55 bits per heavy atom. The van der Waals surface area contributed by atoms with E-state index in [0.717, 1.165) is 25.7 Å². The molecule has 3 unspecified atom stereocenters. The van der Waals surface area contributed by atoms with Gasteiger partial charge in [0, 0.05) is 25.0 Å². The van der Waals surface area contributed by atoms with Crippen LogP contribution >= 0.6 is 0 Å². The van der Waals surface area contributed by atoms with E-state index in [0.29, 0.717) is 19.5 Å². The first kappa shape index (κ1) is 17.0. The third-order valence-corrected chi connectivity index (χ3v) is 4.24. The molecule has 1 aliphatic heterocycles. The van der Waals surface area contributed by atoms with Crippen molar-refractivity contribution in [1.29, 1.82) is 0 Å². The van der Waals surface area contributed by atoms with Crippen molar-refractivity contribution < 1.29 is 14.7 Å². The quantitative estimate of drug-likeness (QED) is 0.779. The molecule has 1 heterocycles. The smallest absolute Gasteiger partial charge is 0.311 e. The maximum atomic E-state index is 12.4. The van der Waals surface area contributed by atoms with Crippen LogP contribution in [0.2, 0.25) is 0 Å². The molecule has 1 amide bonds. The summed E-state index contributed by atoms with van der Waals surface area (Å²) in [5.74, 6) is -0.772. The molecule has 1 fully saturated rings. The molecule has 0 aliphatic carbocycles. The number of carbonyl (C=O) groups is 2. The fourth-order valence-electron chi connectivity index (χ4n) is 2.78. The maximum absolute atomic E-state index is 12.4. The van der Waals surface area contributed by atoms with Crippen LogP contribution in [0.25, 0.3) is 0 Å². The van der Waals surface area contributed by atoms with Gasteiger partial charge < -0.3 is 15.7 Å². The van der Waals surface area contributed by atoms with Crippen LogP contribution in [0.4, 0.5) is 0 Å². The first-order chi connectivity index (χ1) is 9.26. The molecular weight excluding hydrogens is 256 g/mol. The topological polar surface area (TPSA) is 83.6 Å². The lowest BCUT2D eigenvalue weighted by Crippen LogP contribution is -2.49. The van der Waals surface area contributed by atoms with Crippen molar-refractivity contribution in [2.24, 2.45) is 17.1 Å². The van der Waals surface area contributed by atoms with Gasteiger partial charge in [0.15, 0.2) is 0 Å². The van der Waals surface area contributed by atoms with E-state index in [-0.39, 0.29) is 17.9 Å². The number of nitrogens with zero attached hydrogens (tertiary/aromatic N) is 1. The molecule has 0 spiro atoms. The Hall–Kier alpha value is -1.10. The highest BCUT2D eigenvalue weighted by Gasteiger charge is 2.39. The number of likely N-dealkylation sites (tertiary alicyclic amines) is 1. The van der Waals surface area contributed by atoms with Crippen LogP contribution in [0.5, 0.6) is 0 Å². The van der Waals surface area contributed by atoms with E-state index >= 15 is 0 Å². The van der Waals surface area contributed by atoms with Crippen molar-refractivity contribution in [3.8, 4) is 0 Å². The van der Waals surface area contributed by atoms with E-state index in [1.165, 1.54) is 0 Å². The van der Waals surface area contributed by atoms with Crippen LogP contribution in [-0.2, 0) is 9.59 Å².